The monoisotopic (exact) mass is 322 g/mol. The molecule has 132 valence electrons. The third-order valence-corrected chi connectivity index (χ3v) is 9.22. The molecule has 0 amide bonds. The van der Waals surface area contributed by atoms with Crippen molar-refractivity contribution in [1.82, 2.24) is 0 Å². The average molecular weight is 322 g/mol. The Kier molecular flexibility index (Phi) is 3.69. The van der Waals surface area contributed by atoms with Crippen LogP contribution in [0, 0.1) is 34.5 Å². The van der Waals surface area contributed by atoms with Crippen LogP contribution in [0.4, 0.5) is 0 Å². The molecular formula is C20H34O3. The van der Waals surface area contributed by atoms with Crippen molar-refractivity contribution < 1.29 is 15.3 Å². The zero-order chi connectivity index (χ0) is 16.5. The molecule has 4 aliphatic carbocycles. The van der Waals surface area contributed by atoms with Gasteiger partial charge >= 0.3 is 0 Å². The molecule has 4 aliphatic rings. The zero-order valence-corrected chi connectivity index (χ0v) is 14.8. The quantitative estimate of drug-likeness (QED) is 0.695. The van der Waals surface area contributed by atoms with Gasteiger partial charge in [-0.15, -0.1) is 0 Å². The molecule has 0 aromatic carbocycles. The normalized spacial score (nSPS) is 59.1. The second-order valence-electron chi connectivity index (χ2n) is 9.77. The average Bonchev–Trinajstić information content (AvgIpc) is 2.80. The number of aliphatic hydroxyl groups excluding tert-OH is 2. The molecule has 0 radical (unpaired) electrons. The van der Waals surface area contributed by atoms with Gasteiger partial charge in [0, 0.05) is 5.41 Å². The van der Waals surface area contributed by atoms with E-state index in [-0.39, 0.29) is 18.1 Å². The summed E-state index contributed by atoms with van der Waals surface area (Å²) in [5, 5.41) is 30.9. The molecule has 3 unspecified atom stereocenters. The molecule has 8 atom stereocenters. The van der Waals surface area contributed by atoms with Crippen LogP contribution >= 0.6 is 0 Å². The summed E-state index contributed by atoms with van der Waals surface area (Å²) in [6.45, 7) is 4.66. The Labute approximate surface area is 140 Å². The maximum atomic E-state index is 11.0. The molecule has 23 heavy (non-hydrogen) atoms. The molecule has 0 aliphatic heterocycles. The molecule has 3 heteroatoms. The van der Waals surface area contributed by atoms with E-state index in [0.717, 1.165) is 38.0 Å². The standard InChI is InChI=1S/C20H34O3/c1-18-8-5-14(22)11-13(18)3-4-15-16(18)6-9-19(2)17(15)7-10-20(19,23)12-21/h13-17,21-23H,3-12H2,1-2H3/t13-,14-,15?,16?,17?,18-,19-,20-/m0/s1. The highest BCUT2D eigenvalue weighted by molar-refractivity contribution is 5.13. The molecule has 0 bridgehead atoms. The summed E-state index contributed by atoms with van der Waals surface area (Å²) < 4.78 is 0. The van der Waals surface area contributed by atoms with E-state index in [1.807, 2.05) is 0 Å². The van der Waals surface area contributed by atoms with Gasteiger partial charge in [0.25, 0.3) is 0 Å². The second kappa shape index (κ2) is 5.19. The topological polar surface area (TPSA) is 60.7 Å². The van der Waals surface area contributed by atoms with Crippen molar-refractivity contribution >= 4 is 0 Å². The fourth-order valence-electron chi connectivity index (χ4n) is 7.61. The molecule has 4 saturated carbocycles. The van der Waals surface area contributed by atoms with Gasteiger partial charge in [-0.05, 0) is 86.9 Å². The van der Waals surface area contributed by atoms with E-state index < -0.39 is 5.60 Å². The fourth-order valence-corrected chi connectivity index (χ4v) is 7.61. The van der Waals surface area contributed by atoms with Crippen molar-refractivity contribution in [2.24, 2.45) is 34.5 Å². The number of hydrogen-bond donors (Lipinski definition) is 3. The van der Waals surface area contributed by atoms with Crippen molar-refractivity contribution in [2.75, 3.05) is 6.61 Å². The van der Waals surface area contributed by atoms with Crippen LogP contribution in [0.15, 0.2) is 0 Å². The van der Waals surface area contributed by atoms with Gasteiger partial charge < -0.3 is 15.3 Å². The van der Waals surface area contributed by atoms with Crippen LogP contribution in [0.3, 0.4) is 0 Å². The molecular weight excluding hydrogens is 288 g/mol. The van der Waals surface area contributed by atoms with E-state index >= 15 is 0 Å². The lowest BCUT2D eigenvalue weighted by atomic mass is 9.44. The first-order chi connectivity index (χ1) is 10.8. The molecule has 3 nitrogen and oxygen atoms in total. The van der Waals surface area contributed by atoms with Crippen molar-refractivity contribution in [3.63, 3.8) is 0 Å². The Morgan fingerprint density at radius 3 is 2.39 bits per heavy atom. The Hall–Kier alpha value is -0.120. The maximum absolute atomic E-state index is 11.0. The summed E-state index contributed by atoms with van der Waals surface area (Å²) in [6, 6.07) is 0. The van der Waals surface area contributed by atoms with E-state index in [0.29, 0.717) is 23.2 Å². The van der Waals surface area contributed by atoms with Gasteiger partial charge in [0.15, 0.2) is 0 Å². The maximum Gasteiger partial charge on any atom is 0.0933 e. The van der Waals surface area contributed by atoms with Crippen molar-refractivity contribution in [2.45, 2.75) is 83.3 Å². The fraction of sp³-hybridized carbons (Fsp3) is 1.00. The Balaban J connectivity index is 1.63. The van der Waals surface area contributed by atoms with E-state index in [4.69, 9.17) is 0 Å². The van der Waals surface area contributed by atoms with Gasteiger partial charge in [-0.3, -0.25) is 0 Å². The molecule has 0 aromatic heterocycles. The Bertz CT molecular complexity index is 480. The van der Waals surface area contributed by atoms with Gasteiger partial charge in [0.2, 0.25) is 0 Å². The second-order valence-corrected chi connectivity index (χ2v) is 9.77. The van der Waals surface area contributed by atoms with Crippen molar-refractivity contribution in [3.8, 4) is 0 Å². The van der Waals surface area contributed by atoms with Crippen LogP contribution in [-0.4, -0.2) is 33.6 Å². The highest BCUT2D eigenvalue weighted by Crippen LogP contribution is 2.68. The van der Waals surface area contributed by atoms with Gasteiger partial charge in [-0.2, -0.15) is 0 Å². The smallest absolute Gasteiger partial charge is 0.0933 e. The first-order valence-corrected chi connectivity index (χ1v) is 9.85. The number of hydrogen-bond acceptors (Lipinski definition) is 3. The summed E-state index contributed by atoms with van der Waals surface area (Å²) in [5.41, 5.74) is -0.563. The summed E-state index contributed by atoms with van der Waals surface area (Å²) in [4.78, 5) is 0. The SMILES string of the molecule is C[C@]12CCC3C(CC[C@H]4C[C@@H](O)CC[C@]34C)C1CC[C@]2(O)CO. The van der Waals surface area contributed by atoms with Crippen LogP contribution in [0.1, 0.15) is 71.6 Å². The van der Waals surface area contributed by atoms with E-state index in [1.165, 1.54) is 25.7 Å². The largest absolute Gasteiger partial charge is 0.393 e. The first-order valence-electron chi connectivity index (χ1n) is 9.85. The molecule has 0 spiro atoms. The minimum absolute atomic E-state index is 0.0792. The highest BCUT2D eigenvalue weighted by atomic mass is 16.3. The van der Waals surface area contributed by atoms with Gasteiger partial charge in [0.1, 0.15) is 0 Å². The third-order valence-electron chi connectivity index (χ3n) is 9.22. The summed E-state index contributed by atoms with van der Waals surface area (Å²) in [6.07, 6.45) is 9.69. The lowest BCUT2D eigenvalue weighted by Gasteiger charge is -2.61. The molecule has 0 saturated heterocycles. The Morgan fingerprint density at radius 1 is 0.913 bits per heavy atom. The number of fused-ring (bicyclic) bond motifs is 5. The summed E-state index contributed by atoms with van der Waals surface area (Å²) >= 11 is 0. The van der Waals surface area contributed by atoms with Crippen LogP contribution in [0.25, 0.3) is 0 Å². The van der Waals surface area contributed by atoms with Crippen LogP contribution in [-0.2, 0) is 0 Å². The number of aliphatic hydroxyl groups is 3. The van der Waals surface area contributed by atoms with Crippen molar-refractivity contribution in [3.05, 3.63) is 0 Å². The molecule has 0 heterocycles. The molecule has 3 N–H and O–H groups in total. The predicted molar refractivity (Wildman–Crippen MR) is 89.8 cm³/mol. The number of rotatable bonds is 1. The van der Waals surface area contributed by atoms with Crippen LogP contribution in [0.5, 0.6) is 0 Å². The molecule has 4 rings (SSSR count). The van der Waals surface area contributed by atoms with Crippen molar-refractivity contribution in [1.29, 1.82) is 0 Å². The minimum Gasteiger partial charge on any atom is -0.393 e. The highest BCUT2D eigenvalue weighted by Gasteiger charge is 2.64. The Morgan fingerprint density at radius 2 is 1.65 bits per heavy atom. The predicted octanol–water partition coefficient (Wildman–Crippen LogP) is 3.11. The lowest BCUT2D eigenvalue weighted by Crippen LogP contribution is -2.57. The lowest BCUT2D eigenvalue weighted by molar-refractivity contribution is -0.168. The van der Waals surface area contributed by atoms with Crippen LogP contribution in [0.2, 0.25) is 0 Å². The first kappa shape index (κ1) is 16.4. The van der Waals surface area contributed by atoms with Crippen LogP contribution < -0.4 is 0 Å². The molecule has 4 fully saturated rings. The van der Waals surface area contributed by atoms with E-state index in [2.05, 4.69) is 13.8 Å². The summed E-state index contributed by atoms with van der Waals surface area (Å²) in [5.74, 6) is 2.73. The van der Waals surface area contributed by atoms with Gasteiger partial charge in [-0.1, -0.05) is 13.8 Å². The minimum atomic E-state index is -0.858. The van der Waals surface area contributed by atoms with E-state index in [9.17, 15) is 15.3 Å². The molecule has 0 aromatic rings. The van der Waals surface area contributed by atoms with Gasteiger partial charge in [-0.25, -0.2) is 0 Å². The summed E-state index contributed by atoms with van der Waals surface area (Å²) in [7, 11) is 0. The third kappa shape index (κ3) is 2.05. The van der Waals surface area contributed by atoms with E-state index in [1.54, 1.807) is 0 Å². The van der Waals surface area contributed by atoms with Gasteiger partial charge in [0.05, 0.1) is 18.3 Å². The zero-order valence-electron chi connectivity index (χ0n) is 14.8.